The zero-order chi connectivity index (χ0) is 20.6. The van der Waals surface area contributed by atoms with E-state index in [9.17, 15) is 4.79 Å². The Labute approximate surface area is 204 Å². The Morgan fingerprint density at radius 3 is 2.23 bits per heavy atom. The molecule has 1 aliphatic carbocycles. The first kappa shape index (κ1) is 24.3. The van der Waals surface area contributed by atoms with Crippen LogP contribution in [0.5, 0.6) is 0 Å². The second kappa shape index (κ2) is 12.6. The predicted octanol–water partition coefficient (Wildman–Crippen LogP) is 3.89. The lowest BCUT2D eigenvalue weighted by atomic mass is 10.1. The standard InChI is InChI=1S/C24H37N5O.HI/c30-23(21-9-5-6-10-21)28-19-17-27(18-20-28)16-13-25-24(29-14-7-2-8-15-29)26-22-11-3-1-4-12-22;/h1,3-4,11-12,21H,2,5-10,13-20H2,(H,25,26);1H. The summed E-state index contributed by atoms with van der Waals surface area (Å²) in [5.41, 5.74) is 1.10. The summed E-state index contributed by atoms with van der Waals surface area (Å²) in [6.07, 6.45) is 8.45. The first-order valence-corrected chi connectivity index (χ1v) is 11.9. The van der Waals surface area contributed by atoms with Gasteiger partial charge in [-0.15, -0.1) is 24.0 Å². The Morgan fingerprint density at radius 1 is 0.871 bits per heavy atom. The lowest BCUT2D eigenvalue weighted by Gasteiger charge is -2.36. The maximum atomic E-state index is 12.6. The lowest BCUT2D eigenvalue weighted by Crippen LogP contribution is -2.50. The van der Waals surface area contributed by atoms with Crippen molar-refractivity contribution in [3.8, 4) is 0 Å². The van der Waals surface area contributed by atoms with Gasteiger partial charge in [0.25, 0.3) is 0 Å². The number of guanidine groups is 1. The summed E-state index contributed by atoms with van der Waals surface area (Å²) in [5, 5.41) is 3.54. The number of nitrogens with one attached hydrogen (secondary N) is 1. The van der Waals surface area contributed by atoms with E-state index in [1.54, 1.807) is 0 Å². The molecule has 6 nitrogen and oxygen atoms in total. The number of anilines is 1. The van der Waals surface area contributed by atoms with Crippen LogP contribution in [-0.2, 0) is 4.79 Å². The van der Waals surface area contributed by atoms with E-state index in [4.69, 9.17) is 4.99 Å². The molecule has 3 aliphatic rings. The fourth-order valence-electron chi connectivity index (χ4n) is 4.90. The highest BCUT2D eigenvalue weighted by molar-refractivity contribution is 14.0. The zero-order valence-corrected chi connectivity index (χ0v) is 21.0. The Hall–Kier alpha value is -1.35. The second-order valence-corrected chi connectivity index (χ2v) is 8.89. The molecule has 3 fully saturated rings. The molecule has 0 atom stereocenters. The van der Waals surface area contributed by atoms with E-state index < -0.39 is 0 Å². The third kappa shape index (κ3) is 7.07. The highest BCUT2D eigenvalue weighted by Gasteiger charge is 2.29. The molecule has 1 aromatic carbocycles. The van der Waals surface area contributed by atoms with E-state index in [1.165, 1.54) is 32.1 Å². The molecule has 1 aromatic rings. The van der Waals surface area contributed by atoms with Crippen molar-refractivity contribution in [1.82, 2.24) is 14.7 Å². The number of carbonyl (C=O) groups is 1. The smallest absolute Gasteiger partial charge is 0.225 e. The highest BCUT2D eigenvalue weighted by atomic mass is 127. The molecule has 1 N–H and O–H groups in total. The minimum absolute atomic E-state index is 0. The Morgan fingerprint density at radius 2 is 1.55 bits per heavy atom. The van der Waals surface area contributed by atoms with Crippen molar-refractivity contribution in [3.05, 3.63) is 30.3 Å². The molecule has 1 amide bonds. The van der Waals surface area contributed by atoms with Gasteiger partial charge in [0.1, 0.15) is 0 Å². The van der Waals surface area contributed by atoms with Gasteiger partial charge in [0.2, 0.25) is 5.91 Å². The number of hydrogen-bond acceptors (Lipinski definition) is 3. The van der Waals surface area contributed by atoms with Crippen molar-refractivity contribution >= 4 is 41.5 Å². The molecule has 0 radical (unpaired) electrons. The van der Waals surface area contributed by atoms with Gasteiger partial charge in [0, 0.05) is 57.4 Å². The maximum absolute atomic E-state index is 12.6. The number of piperazine rings is 1. The Balaban J connectivity index is 0.00000272. The third-order valence-corrected chi connectivity index (χ3v) is 6.75. The predicted molar refractivity (Wildman–Crippen MR) is 138 cm³/mol. The van der Waals surface area contributed by atoms with E-state index in [0.29, 0.717) is 11.8 Å². The summed E-state index contributed by atoms with van der Waals surface area (Å²) in [5.74, 6) is 1.72. The molecule has 0 spiro atoms. The van der Waals surface area contributed by atoms with Gasteiger partial charge in [-0.05, 0) is 44.2 Å². The van der Waals surface area contributed by atoms with Gasteiger partial charge in [-0.3, -0.25) is 14.7 Å². The molecule has 2 aliphatic heterocycles. The topological polar surface area (TPSA) is 51.2 Å². The fourth-order valence-corrected chi connectivity index (χ4v) is 4.90. The largest absolute Gasteiger partial charge is 0.343 e. The molecule has 1 saturated carbocycles. The molecule has 4 rings (SSSR count). The van der Waals surface area contributed by atoms with Gasteiger partial charge in [0.15, 0.2) is 5.96 Å². The highest BCUT2D eigenvalue weighted by Crippen LogP contribution is 2.26. The van der Waals surface area contributed by atoms with E-state index in [1.807, 2.05) is 6.07 Å². The number of carbonyl (C=O) groups excluding carboxylic acids is 1. The van der Waals surface area contributed by atoms with Gasteiger partial charge < -0.3 is 15.1 Å². The number of rotatable bonds is 5. The second-order valence-electron chi connectivity index (χ2n) is 8.89. The van der Waals surface area contributed by atoms with Crippen LogP contribution in [-0.4, -0.2) is 78.9 Å². The van der Waals surface area contributed by atoms with Crippen molar-refractivity contribution in [3.63, 3.8) is 0 Å². The van der Waals surface area contributed by atoms with Crippen LogP contribution in [0, 0.1) is 5.92 Å². The first-order chi connectivity index (χ1) is 14.8. The SMILES string of the molecule is I.O=C(C1CCCC1)N1CCN(CCN=C(Nc2ccccc2)N2CCCCC2)CC1. The number of likely N-dealkylation sites (tertiary alicyclic amines) is 1. The van der Waals surface area contributed by atoms with Crippen LogP contribution >= 0.6 is 24.0 Å². The van der Waals surface area contributed by atoms with Crippen molar-refractivity contribution in [1.29, 1.82) is 0 Å². The molecule has 0 unspecified atom stereocenters. The van der Waals surface area contributed by atoms with Gasteiger partial charge in [-0.1, -0.05) is 31.0 Å². The molecular formula is C24H38IN5O. The van der Waals surface area contributed by atoms with Crippen LogP contribution in [0.4, 0.5) is 5.69 Å². The van der Waals surface area contributed by atoms with Crippen molar-refractivity contribution in [2.24, 2.45) is 10.9 Å². The summed E-state index contributed by atoms with van der Waals surface area (Å²) in [6, 6.07) is 10.4. The number of amides is 1. The minimum atomic E-state index is 0. The minimum Gasteiger partial charge on any atom is -0.343 e. The lowest BCUT2D eigenvalue weighted by molar-refractivity contribution is -0.137. The van der Waals surface area contributed by atoms with Crippen molar-refractivity contribution in [2.75, 3.05) is 57.7 Å². The summed E-state index contributed by atoms with van der Waals surface area (Å²) in [7, 11) is 0. The van der Waals surface area contributed by atoms with Gasteiger partial charge >= 0.3 is 0 Å². The zero-order valence-electron chi connectivity index (χ0n) is 18.7. The average molecular weight is 540 g/mol. The van der Waals surface area contributed by atoms with Crippen molar-refractivity contribution < 1.29 is 4.79 Å². The quantitative estimate of drug-likeness (QED) is 0.351. The van der Waals surface area contributed by atoms with E-state index >= 15 is 0 Å². The first-order valence-electron chi connectivity index (χ1n) is 11.9. The molecule has 2 saturated heterocycles. The van der Waals surface area contributed by atoms with E-state index in [-0.39, 0.29) is 24.0 Å². The molecule has 7 heteroatoms. The maximum Gasteiger partial charge on any atom is 0.225 e. The summed E-state index contributed by atoms with van der Waals surface area (Å²) in [6.45, 7) is 7.61. The average Bonchev–Trinajstić information content (AvgIpc) is 3.35. The normalized spacial score (nSPS) is 21.1. The van der Waals surface area contributed by atoms with Crippen LogP contribution < -0.4 is 5.32 Å². The Kier molecular flexibility index (Phi) is 9.90. The van der Waals surface area contributed by atoms with Crippen LogP contribution in [0.1, 0.15) is 44.9 Å². The number of hydrogen-bond donors (Lipinski definition) is 1. The number of benzene rings is 1. The summed E-state index contributed by atoms with van der Waals surface area (Å²) >= 11 is 0. The number of halogens is 1. The number of para-hydroxylation sites is 1. The molecular weight excluding hydrogens is 501 g/mol. The van der Waals surface area contributed by atoms with Crippen LogP contribution in [0.3, 0.4) is 0 Å². The van der Waals surface area contributed by atoms with Crippen molar-refractivity contribution in [2.45, 2.75) is 44.9 Å². The van der Waals surface area contributed by atoms with Gasteiger partial charge in [-0.25, -0.2) is 0 Å². The molecule has 0 bridgehead atoms. The van der Waals surface area contributed by atoms with E-state index in [0.717, 1.165) is 76.8 Å². The Bertz CT molecular complexity index is 693. The monoisotopic (exact) mass is 539 g/mol. The summed E-state index contributed by atoms with van der Waals surface area (Å²) < 4.78 is 0. The van der Waals surface area contributed by atoms with Gasteiger partial charge in [-0.2, -0.15) is 0 Å². The molecule has 0 aromatic heterocycles. The van der Waals surface area contributed by atoms with Crippen LogP contribution in [0.2, 0.25) is 0 Å². The molecule has 2 heterocycles. The number of aliphatic imine (C=N–C) groups is 1. The van der Waals surface area contributed by atoms with Crippen LogP contribution in [0.15, 0.2) is 35.3 Å². The molecule has 31 heavy (non-hydrogen) atoms. The summed E-state index contributed by atoms with van der Waals surface area (Å²) in [4.78, 5) is 24.6. The number of piperidine rings is 1. The van der Waals surface area contributed by atoms with Crippen LogP contribution in [0.25, 0.3) is 0 Å². The van der Waals surface area contributed by atoms with Gasteiger partial charge in [0.05, 0.1) is 6.54 Å². The van der Waals surface area contributed by atoms with E-state index in [2.05, 4.69) is 44.3 Å². The third-order valence-electron chi connectivity index (χ3n) is 6.75. The fraction of sp³-hybridized carbons (Fsp3) is 0.667. The number of nitrogens with zero attached hydrogens (tertiary/aromatic N) is 4. The molecule has 172 valence electrons.